The molecule has 0 aliphatic carbocycles. The van der Waals surface area contributed by atoms with Crippen LogP contribution in [-0.2, 0) is 6.54 Å². The highest BCUT2D eigenvalue weighted by atomic mass is 16.5. The van der Waals surface area contributed by atoms with Crippen molar-refractivity contribution in [2.75, 3.05) is 19.4 Å². The average Bonchev–Trinajstić information content (AvgIpc) is 2.32. The SMILES string of the molecule is COc1ccc(CN2CCCCC2C)cc1N. The normalized spacial score (nSPS) is 21.4. The third-order valence-electron chi connectivity index (χ3n) is 3.62. The highest BCUT2D eigenvalue weighted by Gasteiger charge is 2.18. The number of ether oxygens (including phenoxy) is 1. The Kier molecular flexibility index (Phi) is 3.89. The molecule has 0 bridgehead atoms. The second-order valence-electron chi connectivity index (χ2n) is 4.89. The molecule has 3 heteroatoms. The molecule has 0 amide bonds. The largest absolute Gasteiger partial charge is 0.495 e. The predicted octanol–water partition coefficient (Wildman–Crippen LogP) is 2.65. The second kappa shape index (κ2) is 5.41. The van der Waals surface area contributed by atoms with Crippen LogP contribution in [0, 0.1) is 0 Å². The Labute approximate surface area is 104 Å². The van der Waals surface area contributed by atoms with Crippen LogP contribution in [-0.4, -0.2) is 24.6 Å². The topological polar surface area (TPSA) is 38.5 Å². The van der Waals surface area contributed by atoms with Crippen molar-refractivity contribution in [3.63, 3.8) is 0 Å². The number of nitrogens with zero attached hydrogens (tertiary/aromatic N) is 1. The number of nitrogens with two attached hydrogens (primary N) is 1. The molecule has 2 rings (SSSR count). The van der Waals surface area contributed by atoms with Crippen molar-refractivity contribution in [3.8, 4) is 5.75 Å². The minimum absolute atomic E-state index is 0.687. The number of hydrogen-bond acceptors (Lipinski definition) is 3. The van der Waals surface area contributed by atoms with Crippen LogP contribution in [0.2, 0.25) is 0 Å². The molecule has 1 aliphatic rings. The first-order chi connectivity index (χ1) is 8.20. The minimum Gasteiger partial charge on any atom is -0.495 e. The molecule has 94 valence electrons. The zero-order valence-electron chi connectivity index (χ0n) is 10.8. The van der Waals surface area contributed by atoms with E-state index in [-0.39, 0.29) is 0 Å². The molecule has 1 fully saturated rings. The van der Waals surface area contributed by atoms with E-state index in [1.54, 1.807) is 7.11 Å². The second-order valence-corrected chi connectivity index (χ2v) is 4.89. The molecule has 1 aromatic rings. The number of nitrogen functional groups attached to an aromatic ring is 1. The first kappa shape index (κ1) is 12.2. The van der Waals surface area contributed by atoms with E-state index in [0.29, 0.717) is 6.04 Å². The molecular formula is C14H22N2O. The van der Waals surface area contributed by atoms with Gasteiger partial charge >= 0.3 is 0 Å². The van der Waals surface area contributed by atoms with E-state index in [1.165, 1.54) is 31.4 Å². The van der Waals surface area contributed by atoms with Crippen molar-refractivity contribution in [1.82, 2.24) is 4.90 Å². The van der Waals surface area contributed by atoms with Crippen molar-refractivity contribution >= 4 is 5.69 Å². The summed E-state index contributed by atoms with van der Waals surface area (Å²) in [6.07, 6.45) is 3.99. The Balaban J connectivity index is 2.05. The number of hydrogen-bond donors (Lipinski definition) is 1. The van der Waals surface area contributed by atoms with Gasteiger partial charge in [-0.05, 0) is 44.0 Å². The first-order valence-electron chi connectivity index (χ1n) is 6.37. The van der Waals surface area contributed by atoms with Gasteiger partial charge in [-0.2, -0.15) is 0 Å². The van der Waals surface area contributed by atoms with Gasteiger partial charge in [-0.25, -0.2) is 0 Å². The van der Waals surface area contributed by atoms with Gasteiger partial charge < -0.3 is 10.5 Å². The molecule has 17 heavy (non-hydrogen) atoms. The van der Waals surface area contributed by atoms with Crippen molar-refractivity contribution in [1.29, 1.82) is 0 Å². The molecule has 1 saturated heterocycles. The molecular weight excluding hydrogens is 212 g/mol. The first-order valence-corrected chi connectivity index (χ1v) is 6.37. The molecule has 0 spiro atoms. The average molecular weight is 234 g/mol. The number of methoxy groups -OCH3 is 1. The Morgan fingerprint density at radius 1 is 1.41 bits per heavy atom. The third kappa shape index (κ3) is 2.91. The van der Waals surface area contributed by atoms with Gasteiger partial charge in [0.15, 0.2) is 0 Å². The fourth-order valence-electron chi connectivity index (χ4n) is 2.51. The van der Waals surface area contributed by atoms with Gasteiger partial charge in [0.2, 0.25) is 0 Å². The van der Waals surface area contributed by atoms with E-state index in [2.05, 4.69) is 17.9 Å². The monoisotopic (exact) mass is 234 g/mol. The van der Waals surface area contributed by atoms with Crippen molar-refractivity contribution in [2.45, 2.75) is 38.8 Å². The van der Waals surface area contributed by atoms with E-state index < -0.39 is 0 Å². The van der Waals surface area contributed by atoms with Gasteiger partial charge in [0, 0.05) is 12.6 Å². The third-order valence-corrected chi connectivity index (χ3v) is 3.62. The number of rotatable bonds is 3. The molecule has 0 saturated carbocycles. The lowest BCUT2D eigenvalue weighted by Crippen LogP contribution is -2.36. The van der Waals surface area contributed by atoms with Crippen LogP contribution in [0.15, 0.2) is 18.2 Å². The van der Waals surface area contributed by atoms with E-state index in [0.717, 1.165) is 18.0 Å². The zero-order valence-corrected chi connectivity index (χ0v) is 10.8. The van der Waals surface area contributed by atoms with Gasteiger partial charge in [-0.3, -0.25) is 4.90 Å². The van der Waals surface area contributed by atoms with Crippen LogP contribution in [0.1, 0.15) is 31.7 Å². The Morgan fingerprint density at radius 3 is 2.88 bits per heavy atom. The fourth-order valence-corrected chi connectivity index (χ4v) is 2.51. The Morgan fingerprint density at radius 2 is 2.24 bits per heavy atom. The standard InChI is InChI=1S/C14H22N2O/c1-11-5-3-4-8-16(11)10-12-6-7-14(17-2)13(15)9-12/h6-7,9,11H,3-5,8,10,15H2,1-2H3. The van der Waals surface area contributed by atoms with Gasteiger partial charge in [0.1, 0.15) is 5.75 Å². The van der Waals surface area contributed by atoms with E-state index in [4.69, 9.17) is 10.5 Å². The van der Waals surface area contributed by atoms with Crippen molar-refractivity contribution < 1.29 is 4.74 Å². The van der Waals surface area contributed by atoms with E-state index >= 15 is 0 Å². The maximum Gasteiger partial charge on any atom is 0.141 e. The summed E-state index contributed by atoms with van der Waals surface area (Å²) >= 11 is 0. The van der Waals surface area contributed by atoms with E-state index in [9.17, 15) is 0 Å². The highest BCUT2D eigenvalue weighted by molar-refractivity contribution is 5.54. The molecule has 1 aliphatic heterocycles. The summed E-state index contributed by atoms with van der Waals surface area (Å²) in [5.74, 6) is 0.764. The smallest absolute Gasteiger partial charge is 0.141 e. The van der Waals surface area contributed by atoms with Gasteiger partial charge in [-0.1, -0.05) is 12.5 Å². The number of likely N-dealkylation sites (tertiary alicyclic amines) is 1. The maximum absolute atomic E-state index is 5.93. The summed E-state index contributed by atoms with van der Waals surface area (Å²) in [6.45, 7) is 4.51. The molecule has 2 N–H and O–H groups in total. The Bertz CT molecular complexity index is 378. The quantitative estimate of drug-likeness (QED) is 0.817. The van der Waals surface area contributed by atoms with Crippen LogP contribution >= 0.6 is 0 Å². The van der Waals surface area contributed by atoms with Crippen molar-refractivity contribution in [3.05, 3.63) is 23.8 Å². The van der Waals surface area contributed by atoms with Crippen LogP contribution in [0.5, 0.6) is 5.75 Å². The van der Waals surface area contributed by atoms with Gasteiger partial charge in [0.05, 0.1) is 12.8 Å². The summed E-state index contributed by atoms with van der Waals surface area (Å²) in [4.78, 5) is 2.53. The minimum atomic E-state index is 0.687. The number of benzene rings is 1. The summed E-state index contributed by atoms with van der Waals surface area (Å²) < 4.78 is 5.17. The van der Waals surface area contributed by atoms with Crippen LogP contribution in [0.3, 0.4) is 0 Å². The van der Waals surface area contributed by atoms with Crippen molar-refractivity contribution in [2.24, 2.45) is 0 Å². The lowest BCUT2D eigenvalue weighted by atomic mass is 10.0. The summed E-state index contributed by atoms with van der Waals surface area (Å²) in [6, 6.07) is 6.78. The molecule has 1 heterocycles. The lowest BCUT2D eigenvalue weighted by Gasteiger charge is -2.33. The zero-order chi connectivity index (χ0) is 12.3. The maximum atomic E-state index is 5.93. The molecule has 1 aromatic carbocycles. The number of anilines is 1. The molecule has 3 nitrogen and oxygen atoms in total. The summed E-state index contributed by atoms with van der Waals surface area (Å²) in [5, 5.41) is 0. The van der Waals surface area contributed by atoms with Gasteiger partial charge in [-0.15, -0.1) is 0 Å². The Hall–Kier alpha value is -1.22. The highest BCUT2D eigenvalue weighted by Crippen LogP contribution is 2.24. The summed E-state index contributed by atoms with van der Waals surface area (Å²) in [5.41, 5.74) is 7.93. The van der Waals surface area contributed by atoms with Crippen LogP contribution < -0.4 is 10.5 Å². The molecule has 0 aromatic heterocycles. The lowest BCUT2D eigenvalue weighted by molar-refractivity contribution is 0.152. The molecule has 1 atom stereocenters. The summed E-state index contributed by atoms with van der Waals surface area (Å²) in [7, 11) is 1.65. The van der Waals surface area contributed by atoms with E-state index in [1.807, 2.05) is 12.1 Å². The van der Waals surface area contributed by atoms with Crippen LogP contribution in [0.25, 0.3) is 0 Å². The van der Waals surface area contributed by atoms with Gasteiger partial charge in [0.25, 0.3) is 0 Å². The number of piperidine rings is 1. The predicted molar refractivity (Wildman–Crippen MR) is 71.1 cm³/mol. The fraction of sp³-hybridized carbons (Fsp3) is 0.571. The van der Waals surface area contributed by atoms with Crippen LogP contribution in [0.4, 0.5) is 5.69 Å². The molecule has 0 radical (unpaired) electrons. The molecule has 1 unspecified atom stereocenters.